The Kier molecular flexibility index (Phi) is 4.89. The van der Waals surface area contributed by atoms with Gasteiger partial charge in [0.15, 0.2) is 11.5 Å². The number of rotatable bonds is 6. The number of nitrogens with two attached hydrogens (primary N) is 1. The third-order valence-corrected chi connectivity index (χ3v) is 4.22. The molecule has 140 valence electrons. The summed E-state index contributed by atoms with van der Waals surface area (Å²) in [7, 11) is 0. The van der Waals surface area contributed by atoms with Gasteiger partial charge >= 0.3 is 0 Å². The van der Waals surface area contributed by atoms with Crippen LogP contribution in [0.4, 0.5) is 10.2 Å². The van der Waals surface area contributed by atoms with Crippen LogP contribution in [-0.4, -0.2) is 26.4 Å². The van der Waals surface area contributed by atoms with Crippen LogP contribution in [0, 0.1) is 5.82 Å². The average Bonchev–Trinajstić information content (AvgIpc) is 2.94. The largest absolute Gasteiger partial charge is 0.370 e. The summed E-state index contributed by atoms with van der Waals surface area (Å²) in [5.41, 5.74) is 6.56. The van der Waals surface area contributed by atoms with E-state index >= 15 is 0 Å². The molecule has 0 fully saturated rings. The molecule has 0 aliphatic rings. The summed E-state index contributed by atoms with van der Waals surface area (Å²) in [5, 5.41) is 7.18. The molecule has 3 rings (SSSR count). The number of halogens is 1. The van der Waals surface area contributed by atoms with Gasteiger partial charge < -0.3 is 11.1 Å². The number of primary amides is 1. The smallest absolute Gasteiger partial charge is 0.230 e. The molecule has 2 aromatic heterocycles. The SMILES string of the molecule is CC(C)(CC(N)=O)c1c(NC(=O)Cc2ccc(F)cc2)nn2cccnc12. The Morgan fingerprint density at radius 2 is 1.96 bits per heavy atom. The van der Waals surface area contributed by atoms with Crippen molar-refractivity contribution in [3.63, 3.8) is 0 Å². The number of carbonyl (C=O) groups is 2. The van der Waals surface area contributed by atoms with Gasteiger partial charge in [-0.1, -0.05) is 26.0 Å². The molecular formula is C19H20FN5O2. The molecule has 0 bridgehead atoms. The van der Waals surface area contributed by atoms with Gasteiger partial charge in [0.05, 0.1) is 6.42 Å². The lowest BCUT2D eigenvalue weighted by Gasteiger charge is -2.23. The van der Waals surface area contributed by atoms with Crippen molar-refractivity contribution < 1.29 is 14.0 Å². The second-order valence-electron chi connectivity index (χ2n) is 6.99. The molecule has 0 radical (unpaired) electrons. The van der Waals surface area contributed by atoms with Crippen LogP contribution in [0.25, 0.3) is 5.65 Å². The van der Waals surface area contributed by atoms with E-state index in [-0.39, 0.29) is 24.6 Å². The minimum Gasteiger partial charge on any atom is -0.370 e. The third-order valence-electron chi connectivity index (χ3n) is 4.22. The van der Waals surface area contributed by atoms with E-state index in [9.17, 15) is 14.0 Å². The van der Waals surface area contributed by atoms with Crippen molar-refractivity contribution in [3.8, 4) is 0 Å². The highest BCUT2D eigenvalue weighted by atomic mass is 19.1. The first kappa shape index (κ1) is 18.5. The van der Waals surface area contributed by atoms with Crippen LogP contribution in [0.1, 0.15) is 31.4 Å². The lowest BCUT2D eigenvalue weighted by atomic mass is 9.82. The van der Waals surface area contributed by atoms with Crippen molar-refractivity contribution in [2.75, 3.05) is 5.32 Å². The van der Waals surface area contributed by atoms with Crippen molar-refractivity contribution in [3.05, 3.63) is 59.7 Å². The maximum atomic E-state index is 13.0. The molecular weight excluding hydrogens is 349 g/mol. The number of fused-ring (bicyclic) bond motifs is 1. The van der Waals surface area contributed by atoms with Crippen molar-refractivity contribution in [1.29, 1.82) is 0 Å². The number of hydrogen-bond acceptors (Lipinski definition) is 4. The van der Waals surface area contributed by atoms with Crippen molar-refractivity contribution in [2.45, 2.75) is 32.1 Å². The first-order valence-electron chi connectivity index (χ1n) is 8.43. The van der Waals surface area contributed by atoms with Crippen LogP contribution < -0.4 is 11.1 Å². The molecule has 0 aliphatic heterocycles. The number of anilines is 1. The molecule has 3 N–H and O–H groups in total. The first-order chi connectivity index (χ1) is 12.8. The number of nitrogens with one attached hydrogen (secondary N) is 1. The van der Waals surface area contributed by atoms with E-state index < -0.39 is 11.3 Å². The summed E-state index contributed by atoms with van der Waals surface area (Å²) in [5.74, 6) is -0.798. The number of benzene rings is 1. The molecule has 0 saturated carbocycles. The highest BCUT2D eigenvalue weighted by molar-refractivity contribution is 5.93. The van der Waals surface area contributed by atoms with Gasteiger partial charge in [-0.15, -0.1) is 5.10 Å². The molecule has 7 nitrogen and oxygen atoms in total. The topological polar surface area (TPSA) is 102 Å². The zero-order valence-corrected chi connectivity index (χ0v) is 15.1. The number of nitrogens with zero attached hydrogens (tertiary/aromatic N) is 3. The quantitative estimate of drug-likeness (QED) is 0.695. The van der Waals surface area contributed by atoms with E-state index in [1.165, 1.54) is 12.1 Å². The van der Waals surface area contributed by atoms with Crippen LogP contribution in [0.5, 0.6) is 0 Å². The lowest BCUT2D eigenvalue weighted by Crippen LogP contribution is -2.28. The Bertz CT molecular complexity index is 995. The summed E-state index contributed by atoms with van der Waals surface area (Å²) >= 11 is 0. The van der Waals surface area contributed by atoms with Crippen molar-refractivity contribution in [2.24, 2.45) is 5.73 Å². The molecule has 0 atom stereocenters. The summed E-state index contributed by atoms with van der Waals surface area (Å²) in [6.45, 7) is 3.69. The second kappa shape index (κ2) is 7.14. The number of aromatic nitrogens is 3. The summed E-state index contributed by atoms with van der Waals surface area (Å²) in [4.78, 5) is 28.3. The highest BCUT2D eigenvalue weighted by Gasteiger charge is 2.32. The van der Waals surface area contributed by atoms with Gasteiger partial charge in [-0.05, 0) is 23.8 Å². The second-order valence-corrected chi connectivity index (χ2v) is 6.99. The lowest BCUT2D eigenvalue weighted by molar-refractivity contribution is -0.119. The molecule has 3 aromatic rings. The van der Waals surface area contributed by atoms with Crippen LogP contribution >= 0.6 is 0 Å². The van der Waals surface area contributed by atoms with E-state index in [1.54, 1.807) is 35.1 Å². The Morgan fingerprint density at radius 1 is 1.26 bits per heavy atom. The van der Waals surface area contributed by atoms with Crippen LogP contribution in [0.3, 0.4) is 0 Å². The van der Waals surface area contributed by atoms with Crippen LogP contribution in [-0.2, 0) is 21.4 Å². The van der Waals surface area contributed by atoms with Crippen molar-refractivity contribution >= 4 is 23.3 Å². The molecule has 2 amide bonds. The summed E-state index contributed by atoms with van der Waals surface area (Å²) < 4.78 is 14.6. The standard InChI is InChI=1S/C19H20FN5O2/c1-19(2,11-14(21)26)16-17(24-25-9-3-8-22-18(16)25)23-15(27)10-12-4-6-13(20)7-5-12/h3-9H,10-11H2,1-2H3,(H2,21,26)(H,23,24,27). The van der Waals surface area contributed by atoms with E-state index in [0.717, 1.165) is 0 Å². The fourth-order valence-electron chi connectivity index (χ4n) is 3.09. The van der Waals surface area contributed by atoms with Crippen molar-refractivity contribution in [1.82, 2.24) is 14.6 Å². The average molecular weight is 369 g/mol. The molecule has 0 aliphatic carbocycles. The number of hydrogen-bond donors (Lipinski definition) is 2. The minimum absolute atomic E-state index is 0.0667. The first-order valence-corrected chi connectivity index (χ1v) is 8.43. The fourth-order valence-corrected chi connectivity index (χ4v) is 3.09. The van der Waals surface area contributed by atoms with E-state index in [2.05, 4.69) is 15.4 Å². The van der Waals surface area contributed by atoms with Gasteiger partial charge in [-0.2, -0.15) is 0 Å². The molecule has 8 heteroatoms. The zero-order valence-electron chi connectivity index (χ0n) is 15.1. The number of amides is 2. The van der Waals surface area contributed by atoms with Gasteiger partial charge in [0.1, 0.15) is 5.82 Å². The van der Waals surface area contributed by atoms with E-state index in [1.807, 2.05) is 13.8 Å². The maximum absolute atomic E-state index is 13.0. The van der Waals surface area contributed by atoms with Gasteiger partial charge in [-0.25, -0.2) is 13.9 Å². The van der Waals surface area contributed by atoms with Gasteiger partial charge in [-0.3, -0.25) is 9.59 Å². The summed E-state index contributed by atoms with van der Waals surface area (Å²) in [6, 6.07) is 7.43. The Balaban J connectivity index is 1.93. The Labute approximate surface area is 155 Å². The Morgan fingerprint density at radius 3 is 2.63 bits per heavy atom. The Hall–Kier alpha value is -3.29. The fraction of sp³-hybridized carbons (Fsp3) is 0.263. The van der Waals surface area contributed by atoms with Gasteiger partial charge in [0.25, 0.3) is 0 Å². The van der Waals surface area contributed by atoms with Crippen LogP contribution in [0.15, 0.2) is 42.7 Å². The molecule has 2 heterocycles. The zero-order chi connectivity index (χ0) is 19.6. The minimum atomic E-state index is -0.680. The van der Waals surface area contributed by atoms with Gasteiger partial charge in [0.2, 0.25) is 11.8 Å². The molecule has 1 aromatic carbocycles. The number of carbonyl (C=O) groups excluding carboxylic acids is 2. The molecule has 0 saturated heterocycles. The normalized spacial score (nSPS) is 11.5. The predicted molar refractivity (Wildman–Crippen MR) is 98.6 cm³/mol. The summed E-state index contributed by atoms with van der Waals surface area (Å²) in [6.07, 6.45) is 3.47. The monoisotopic (exact) mass is 369 g/mol. The van der Waals surface area contributed by atoms with E-state index in [4.69, 9.17) is 5.73 Å². The molecule has 0 unspecified atom stereocenters. The van der Waals surface area contributed by atoms with Gasteiger partial charge in [0, 0.05) is 29.8 Å². The molecule has 27 heavy (non-hydrogen) atoms. The maximum Gasteiger partial charge on any atom is 0.230 e. The van der Waals surface area contributed by atoms with Crippen LogP contribution in [0.2, 0.25) is 0 Å². The van der Waals surface area contributed by atoms with E-state index in [0.29, 0.717) is 22.6 Å². The predicted octanol–water partition coefficient (Wildman–Crippen LogP) is 2.20. The third kappa shape index (κ3) is 4.11. The highest BCUT2D eigenvalue weighted by Crippen LogP contribution is 2.35. The molecule has 0 spiro atoms.